The van der Waals surface area contributed by atoms with Gasteiger partial charge in [-0.1, -0.05) is 11.6 Å². The van der Waals surface area contributed by atoms with E-state index in [4.69, 9.17) is 11.6 Å². The van der Waals surface area contributed by atoms with Crippen molar-refractivity contribution in [2.75, 3.05) is 11.9 Å². The zero-order valence-electron chi connectivity index (χ0n) is 17.3. The van der Waals surface area contributed by atoms with E-state index in [1.165, 1.54) is 30.4 Å². The van der Waals surface area contributed by atoms with Gasteiger partial charge in [-0.05, 0) is 43.9 Å². The number of nitrogens with zero attached hydrogens (tertiary/aromatic N) is 2. The number of hydrogen-bond donors (Lipinski definition) is 4. The van der Waals surface area contributed by atoms with Gasteiger partial charge in [0, 0.05) is 19.5 Å². The summed E-state index contributed by atoms with van der Waals surface area (Å²) in [5.74, 6) is -1.69. The van der Waals surface area contributed by atoms with E-state index < -0.39 is 29.3 Å². The molecule has 2 aliphatic rings. The lowest BCUT2D eigenvalue weighted by Crippen LogP contribution is -2.44. The molecule has 11 heteroatoms. The van der Waals surface area contributed by atoms with Crippen LogP contribution in [0.2, 0.25) is 5.02 Å². The molecule has 2 fully saturated rings. The number of aliphatic hydroxyl groups is 1. The van der Waals surface area contributed by atoms with Gasteiger partial charge in [0.15, 0.2) is 5.69 Å². The van der Waals surface area contributed by atoms with Crippen molar-refractivity contribution >= 4 is 35.0 Å². The lowest BCUT2D eigenvalue weighted by atomic mass is 9.71. The molecule has 4 rings (SSSR count). The van der Waals surface area contributed by atoms with Crippen molar-refractivity contribution < 1.29 is 23.9 Å². The molecule has 2 heterocycles. The minimum Gasteiger partial charge on any atom is -0.373 e. The molecule has 2 aromatic rings. The summed E-state index contributed by atoms with van der Waals surface area (Å²) < 4.78 is 13.4. The molecule has 0 radical (unpaired) electrons. The van der Waals surface area contributed by atoms with Gasteiger partial charge in [0.25, 0.3) is 11.8 Å². The molecule has 170 valence electrons. The average molecular weight is 464 g/mol. The van der Waals surface area contributed by atoms with Crippen LogP contribution in [0.15, 0.2) is 24.5 Å². The number of halogens is 2. The van der Waals surface area contributed by atoms with Crippen molar-refractivity contribution in [2.24, 2.45) is 5.41 Å². The van der Waals surface area contributed by atoms with Crippen LogP contribution in [0.25, 0.3) is 0 Å². The van der Waals surface area contributed by atoms with E-state index in [-0.39, 0.29) is 40.5 Å². The van der Waals surface area contributed by atoms with E-state index in [1.54, 1.807) is 0 Å². The van der Waals surface area contributed by atoms with Gasteiger partial charge in [-0.25, -0.2) is 9.37 Å². The number of aromatic amines is 1. The van der Waals surface area contributed by atoms with Crippen LogP contribution in [0.1, 0.15) is 53.1 Å². The van der Waals surface area contributed by atoms with Crippen LogP contribution in [0.3, 0.4) is 0 Å². The second-order valence-corrected chi connectivity index (χ2v) is 8.60. The van der Waals surface area contributed by atoms with Crippen molar-refractivity contribution in [1.29, 1.82) is 0 Å². The molecule has 1 unspecified atom stereocenters. The Hall–Kier alpha value is -2.98. The number of hydrogen-bond acceptors (Lipinski definition) is 5. The molecule has 1 saturated carbocycles. The van der Waals surface area contributed by atoms with Crippen LogP contribution < -0.4 is 15.5 Å². The summed E-state index contributed by atoms with van der Waals surface area (Å²) in [6, 6.07) is 3.49. The Morgan fingerprint density at radius 2 is 2.03 bits per heavy atom. The quantitative estimate of drug-likeness (QED) is 0.551. The third-order valence-electron chi connectivity index (χ3n) is 6.30. The fourth-order valence-corrected chi connectivity index (χ4v) is 4.87. The maximum Gasteiger partial charge on any atom is 0.272 e. The number of aliphatic hydroxyl groups excluding tert-OH is 1. The Balaban J connectivity index is 1.43. The zero-order valence-corrected chi connectivity index (χ0v) is 18.1. The molecule has 1 aliphatic heterocycles. The number of carbonyl (C=O) groups is 3. The number of rotatable bonds is 4. The summed E-state index contributed by atoms with van der Waals surface area (Å²) in [7, 11) is 1.46. The molecule has 1 aromatic carbocycles. The average Bonchev–Trinajstić information content (AvgIpc) is 3.34. The highest BCUT2D eigenvalue weighted by atomic mass is 35.5. The number of nitrogens with one attached hydrogen (secondary N) is 3. The van der Waals surface area contributed by atoms with Crippen molar-refractivity contribution in [3.05, 3.63) is 46.8 Å². The zero-order chi connectivity index (χ0) is 23.0. The molecular weight excluding hydrogens is 441 g/mol. The fourth-order valence-electron chi connectivity index (χ4n) is 4.62. The highest BCUT2D eigenvalue weighted by Gasteiger charge is 2.53. The minimum absolute atomic E-state index is 0.00845. The van der Waals surface area contributed by atoms with Crippen molar-refractivity contribution in [3.8, 4) is 0 Å². The molecule has 0 bridgehead atoms. The third kappa shape index (κ3) is 3.84. The van der Waals surface area contributed by atoms with Crippen molar-refractivity contribution in [2.45, 2.75) is 44.4 Å². The third-order valence-corrected chi connectivity index (χ3v) is 6.60. The number of carbonyl (C=O) groups excluding carboxylic acids is 3. The molecule has 1 saturated heterocycles. The lowest BCUT2D eigenvalue weighted by molar-refractivity contribution is -0.127. The van der Waals surface area contributed by atoms with Gasteiger partial charge >= 0.3 is 0 Å². The normalized spacial score (nSPS) is 25.2. The van der Waals surface area contributed by atoms with Gasteiger partial charge in [-0.15, -0.1) is 0 Å². The van der Waals surface area contributed by atoms with Gasteiger partial charge in [-0.3, -0.25) is 19.3 Å². The van der Waals surface area contributed by atoms with E-state index in [0.29, 0.717) is 25.7 Å². The smallest absolute Gasteiger partial charge is 0.272 e. The Morgan fingerprint density at radius 3 is 2.69 bits per heavy atom. The summed E-state index contributed by atoms with van der Waals surface area (Å²) in [4.78, 5) is 45.6. The molecule has 3 amide bonds. The van der Waals surface area contributed by atoms with Crippen LogP contribution in [0.5, 0.6) is 0 Å². The molecule has 32 heavy (non-hydrogen) atoms. The van der Waals surface area contributed by atoms with Gasteiger partial charge in [0.1, 0.15) is 17.7 Å². The number of imidazole rings is 1. The lowest BCUT2D eigenvalue weighted by Gasteiger charge is -2.35. The number of anilines is 1. The van der Waals surface area contributed by atoms with Crippen LogP contribution in [-0.4, -0.2) is 52.1 Å². The number of aromatic nitrogens is 2. The summed E-state index contributed by atoms with van der Waals surface area (Å²) in [5, 5.41) is 16.0. The van der Waals surface area contributed by atoms with Gasteiger partial charge in [0.2, 0.25) is 5.91 Å². The topological polar surface area (TPSA) is 127 Å². The molecule has 1 aliphatic carbocycles. The van der Waals surface area contributed by atoms with Crippen molar-refractivity contribution in [1.82, 2.24) is 20.6 Å². The number of amides is 3. The van der Waals surface area contributed by atoms with E-state index >= 15 is 0 Å². The van der Waals surface area contributed by atoms with E-state index in [1.807, 2.05) is 0 Å². The second-order valence-electron chi connectivity index (χ2n) is 8.19. The summed E-state index contributed by atoms with van der Waals surface area (Å²) >= 11 is 6.11. The SMILES string of the molecule is CNC(=O)c1[nH]cnc1C(=O)N[C@H]1CC[C@]2(CC1)CC(O)N(c1ccc(F)cc1Cl)C2=O. The largest absolute Gasteiger partial charge is 0.373 e. The summed E-state index contributed by atoms with van der Waals surface area (Å²) in [6.45, 7) is 0. The Morgan fingerprint density at radius 1 is 1.31 bits per heavy atom. The molecule has 1 aromatic heterocycles. The fraction of sp³-hybridized carbons (Fsp3) is 0.429. The molecular formula is C21H23ClFN5O4. The van der Waals surface area contributed by atoms with Gasteiger partial charge in [-0.2, -0.15) is 0 Å². The van der Waals surface area contributed by atoms with Gasteiger partial charge in [0.05, 0.1) is 22.5 Å². The molecule has 4 N–H and O–H groups in total. The maximum atomic E-state index is 13.4. The molecule has 1 atom stereocenters. The number of H-pyrrole nitrogens is 1. The highest BCUT2D eigenvalue weighted by Crippen LogP contribution is 2.49. The highest BCUT2D eigenvalue weighted by molar-refractivity contribution is 6.34. The Bertz CT molecular complexity index is 1070. The first-order chi connectivity index (χ1) is 15.3. The first-order valence-electron chi connectivity index (χ1n) is 10.3. The van der Waals surface area contributed by atoms with Gasteiger partial charge < -0.3 is 20.7 Å². The van der Waals surface area contributed by atoms with Crippen molar-refractivity contribution in [3.63, 3.8) is 0 Å². The first kappa shape index (κ1) is 22.2. The van der Waals surface area contributed by atoms with Crippen LogP contribution in [0, 0.1) is 11.2 Å². The minimum atomic E-state index is -1.06. The molecule has 1 spiro atoms. The summed E-state index contributed by atoms with van der Waals surface area (Å²) in [6.07, 6.45) is 2.43. The predicted molar refractivity (Wildman–Crippen MR) is 114 cm³/mol. The van der Waals surface area contributed by atoms with Crippen LogP contribution in [-0.2, 0) is 4.79 Å². The van der Waals surface area contributed by atoms with E-state index in [0.717, 1.165) is 6.07 Å². The number of benzene rings is 1. The second kappa shape index (κ2) is 8.51. The van der Waals surface area contributed by atoms with Crippen LogP contribution in [0.4, 0.5) is 10.1 Å². The standard InChI is InChI=1S/C21H23ClFN5O4/c1-24-18(30)16-17(26-10-25-16)19(31)27-12-4-6-21(7-5-12)9-15(29)28(20(21)32)14-3-2-11(23)8-13(14)22/h2-3,8,10,12,15,29H,4-7,9H2,1H3,(H,24,30)(H,25,26)(H,27,31)/t12-,15?,21-. The summed E-state index contributed by atoms with van der Waals surface area (Å²) in [5.41, 5.74) is -0.400. The van der Waals surface area contributed by atoms with E-state index in [2.05, 4.69) is 20.6 Å². The van der Waals surface area contributed by atoms with Crippen LogP contribution >= 0.6 is 11.6 Å². The maximum absolute atomic E-state index is 13.4. The monoisotopic (exact) mass is 463 g/mol. The Labute approximate surface area is 188 Å². The van der Waals surface area contributed by atoms with E-state index in [9.17, 15) is 23.9 Å². The Kier molecular flexibility index (Phi) is 5.91. The molecule has 9 nitrogen and oxygen atoms in total. The first-order valence-corrected chi connectivity index (χ1v) is 10.7. The predicted octanol–water partition coefficient (Wildman–Crippen LogP) is 1.98.